The number of nitrogens with two attached hydrogens (primary N) is 1. The van der Waals surface area contributed by atoms with E-state index in [1.165, 1.54) is 24.2 Å². The number of ether oxygens (including phenoxy) is 1. The number of rotatable bonds is 5. The van der Waals surface area contributed by atoms with Gasteiger partial charge in [-0.2, -0.15) is 0 Å². The largest absolute Gasteiger partial charge is 0.497 e. The molecule has 0 aliphatic heterocycles. The van der Waals surface area contributed by atoms with Crippen LogP contribution in [0.4, 0.5) is 0 Å². The smallest absolute Gasteiger partial charge is 0.261 e. The van der Waals surface area contributed by atoms with E-state index in [0.717, 1.165) is 26.3 Å². The van der Waals surface area contributed by atoms with Crippen molar-refractivity contribution in [1.82, 2.24) is 5.32 Å². The van der Waals surface area contributed by atoms with Gasteiger partial charge >= 0.3 is 0 Å². The Kier molecular flexibility index (Phi) is 3.87. The zero-order valence-corrected chi connectivity index (χ0v) is 13.1. The standard InChI is InChI=1S/C16H20N2O2S/c1-9-12-7-11(20-2)5-6-14(12)21-15(9)16(19)18-8-13(17)10-3-4-10/h5-7,10,13H,3-4,8,17H2,1-2H3,(H,18,19). The van der Waals surface area contributed by atoms with Gasteiger partial charge in [0.2, 0.25) is 0 Å². The minimum absolute atomic E-state index is 0.0243. The van der Waals surface area contributed by atoms with Crippen LogP contribution >= 0.6 is 11.3 Å². The molecule has 1 aliphatic carbocycles. The lowest BCUT2D eigenvalue weighted by molar-refractivity contribution is 0.0954. The van der Waals surface area contributed by atoms with Crippen LogP contribution in [0.15, 0.2) is 18.2 Å². The molecule has 1 heterocycles. The number of carbonyl (C=O) groups excluding carboxylic acids is 1. The zero-order chi connectivity index (χ0) is 15.0. The number of amides is 1. The molecule has 0 bridgehead atoms. The second-order valence-corrected chi connectivity index (χ2v) is 6.68. The SMILES string of the molecule is COc1ccc2sc(C(=O)NCC(N)C3CC3)c(C)c2c1. The molecule has 3 N–H and O–H groups in total. The van der Waals surface area contributed by atoms with E-state index < -0.39 is 0 Å². The maximum atomic E-state index is 12.3. The fraction of sp³-hybridized carbons (Fsp3) is 0.438. The highest BCUT2D eigenvalue weighted by Gasteiger charge is 2.28. The van der Waals surface area contributed by atoms with Crippen LogP contribution in [0.1, 0.15) is 28.1 Å². The zero-order valence-electron chi connectivity index (χ0n) is 12.3. The summed E-state index contributed by atoms with van der Waals surface area (Å²) in [7, 11) is 1.65. The highest BCUT2D eigenvalue weighted by molar-refractivity contribution is 7.21. The molecule has 1 unspecified atom stereocenters. The highest BCUT2D eigenvalue weighted by atomic mass is 32.1. The summed E-state index contributed by atoms with van der Waals surface area (Å²) >= 11 is 1.52. The van der Waals surface area contributed by atoms with Gasteiger partial charge in [-0.1, -0.05) is 0 Å². The molecule has 0 radical (unpaired) electrons. The average Bonchev–Trinajstić information content (AvgIpc) is 3.29. The Morgan fingerprint density at radius 3 is 2.95 bits per heavy atom. The summed E-state index contributed by atoms with van der Waals surface area (Å²) in [6.07, 6.45) is 2.39. The Hall–Kier alpha value is -1.59. The van der Waals surface area contributed by atoms with Crippen molar-refractivity contribution in [1.29, 1.82) is 0 Å². The summed E-state index contributed by atoms with van der Waals surface area (Å²) in [5.74, 6) is 1.38. The molecule has 2 aromatic rings. The Bertz CT molecular complexity index is 676. The number of hydrogen-bond acceptors (Lipinski definition) is 4. The van der Waals surface area contributed by atoms with Crippen molar-refractivity contribution >= 4 is 27.3 Å². The van der Waals surface area contributed by atoms with Gasteiger partial charge in [-0.3, -0.25) is 4.79 Å². The van der Waals surface area contributed by atoms with Gasteiger partial charge in [0.25, 0.3) is 5.91 Å². The van der Waals surface area contributed by atoms with E-state index in [1.807, 2.05) is 25.1 Å². The first-order valence-corrected chi connectivity index (χ1v) is 8.02. The number of carbonyl (C=O) groups is 1. The maximum Gasteiger partial charge on any atom is 0.261 e. The van der Waals surface area contributed by atoms with Crippen LogP contribution in [-0.2, 0) is 0 Å². The molecular weight excluding hydrogens is 284 g/mol. The van der Waals surface area contributed by atoms with Crippen molar-refractivity contribution in [2.75, 3.05) is 13.7 Å². The fourth-order valence-electron chi connectivity index (χ4n) is 2.53. The normalized spacial score (nSPS) is 16.0. The first-order chi connectivity index (χ1) is 10.1. The lowest BCUT2D eigenvalue weighted by Crippen LogP contribution is -2.38. The molecule has 21 heavy (non-hydrogen) atoms. The average molecular weight is 304 g/mol. The van der Waals surface area contributed by atoms with E-state index in [1.54, 1.807) is 7.11 Å². The molecule has 0 spiro atoms. The molecule has 4 nitrogen and oxygen atoms in total. The van der Waals surface area contributed by atoms with Crippen LogP contribution in [0.5, 0.6) is 5.75 Å². The minimum Gasteiger partial charge on any atom is -0.497 e. The van der Waals surface area contributed by atoms with Crippen molar-refractivity contribution in [2.45, 2.75) is 25.8 Å². The van der Waals surface area contributed by atoms with Gasteiger partial charge in [0.1, 0.15) is 5.75 Å². The Balaban J connectivity index is 1.79. The van der Waals surface area contributed by atoms with Crippen LogP contribution in [-0.4, -0.2) is 25.6 Å². The molecule has 5 heteroatoms. The van der Waals surface area contributed by atoms with Crippen molar-refractivity contribution in [3.63, 3.8) is 0 Å². The van der Waals surface area contributed by atoms with E-state index >= 15 is 0 Å². The van der Waals surface area contributed by atoms with Gasteiger partial charge in [0, 0.05) is 17.3 Å². The number of benzene rings is 1. The van der Waals surface area contributed by atoms with Crippen LogP contribution in [0.3, 0.4) is 0 Å². The summed E-state index contributed by atoms with van der Waals surface area (Å²) < 4.78 is 6.35. The molecule has 3 rings (SSSR count). The van der Waals surface area contributed by atoms with Crippen molar-refractivity contribution in [3.8, 4) is 5.75 Å². The Morgan fingerprint density at radius 1 is 1.52 bits per heavy atom. The van der Waals surface area contributed by atoms with Crippen molar-refractivity contribution in [3.05, 3.63) is 28.6 Å². The minimum atomic E-state index is -0.0243. The fourth-order valence-corrected chi connectivity index (χ4v) is 3.63. The summed E-state index contributed by atoms with van der Waals surface area (Å²) in [6.45, 7) is 2.54. The van der Waals surface area contributed by atoms with Crippen LogP contribution in [0.25, 0.3) is 10.1 Å². The molecule has 1 aromatic heterocycles. The molecule has 1 aliphatic rings. The summed E-state index contributed by atoms with van der Waals surface area (Å²) in [6, 6.07) is 5.98. The van der Waals surface area contributed by atoms with E-state index in [-0.39, 0.29) is 11.9 Å². The molecule has 1 fully saturated rings. The third-order valence-corrected chi connectivity index (χ3v) is 5.35. The molecule has 1 saturated carbocycles. The van der Waals surface area contributed by atoms with Crippen molar-refractivity contribution < 1.29 is 9.53 Å². The van der Waals surface area contributed by atoms with Crippen LogP contribution in [0.2, 0.25) is 0 Å². The molecule has 112 valence electrons. The maximum absolute atomic E-state index is 12.3. The lowest BCUT2D eigenvalue weighted by Gasteiger charge is -2.11. The first-order valence-electron chi connectivity index (χ1n) is 7.21. The van der Waals surface area contributed by atoms with Crippen LogP contribution < -0.4 is 15.8 Å². The summed E-state index contributed by atoms with van der Waals surface area (Å²) in [4.78, 5) is 13.1. The topological polar surface area (TPSA) is 64.3 Å². The number of nitrogens with one attached hydrogen (secondary N) is 1. The van der Waals surface area contributed by atoms with Crippen molar-refractivity contribution in [2.24, 2.45) is 11.7 Å². The number of hydrogen-bond donors (Lipinski definition) is 2. The number of thiophene rings is 1. The highest BCUT2D eigenvalue weighted by Crippen LogP contribution is 2.34. The van der Waals surface area contributed by atoms with E-state index in [4.69, 9.17) is 10.5 Å². The van der Waals surface area contributed by atoms with E-state index in [2.05, 4.69) is 5.32 Å². The van der Waals surface area contributed by atoms with Gasteiger partial charge < -0.3 is 15.8 Å². The van der Waals surface area contributed by atoms with Gasteiger partial charge in [-0.05, 0) is 54.8 Å². The summed E-state index contributed by atoms with van der Waals surface area (Å²) in [5, 5.41) is 4.05. The monoisotopic (exact) mass is 304 g/mol. The molecule has 1 atom stereocenters. The third-order valence-electron chi connectivity index (χ3n) is 4.08. The Morgan fingerprint density at radius 2 is 2.29 bits per heavy atom. The van der Waals surface area contributed by atoms with Gasteiger partial charge in [0.05, 0.1) is 12.0 Å². The third kappa shape index (κ3) is 2.89. The first kappa shape index (κ1) is 14.4. The van der Waals surface area contributed by atoms with Crippen LogP contribution in [0, 0.1) is 12.8 Å². The number of fused-ring (bicyclic) bond motifs is 1. The van der Waals surface area contributed by atoms with E-state index in [9.17, 15) is 4.79 Å². The van der Waals surface area contributed by atoms with Gasteiger partial charge in [0.15, 0.2) is 0 Å². The molecule has 1 amide bonds. The Labute approximate surface area is 128 Å². The predicted octanol–water partition coefficient (Wildman–Crippen LogP) is 2.69. The van der Waals surface area contributed by atoms with Gasteiger partial charge in [-0.15, -0.1) is 11.3 Å². The molecular formula is C16H20N2O2S. The summed E-state index contributed by atoms with van der Waals surface area (Å²) in [5.41, 5.74) is 7.03. The second-order valence-electron chi connectivity index (χ2n) is 5.63. The lowest BCUT2D eigenvalue weighted by atomic mass is 10.1. The number of aryl methyl sites for hydroxylation is 1. The second kappa shape index (κ2) is 5.66. The van der Waals surface area contributed by atoms with E-state index in [0.29, 0.717) is 12.5 Å². The molecule has 0 saturated heterocycles. The number of methoxy groups -OCH3 is 1. The quantitative estimate of drug-likeness (QED) is 0.892. The predicted molar refractivity (Wildman–Crippen MR) is 86.1 cm³/mol. The van der Waals surface area contributed by atoms with Gasteiger partial charge in [-0.25, -0.2) is 0 Å². The molecule has 1 aromatic carbocycles.